The van der Waals surface area contributed by atoms with E-state index in [2.05, 4.69) is 6.58 Å². The van der Waals surface area contributed by atoms with Gasteiger partial charge in [-0.15, -0.1) is 0 Å². The van der Waals surface area contributed by atoms with Crippen LogP contribution in [-0.2, 0) is 4.79 Å². The highest BCUT2D eigenvalue weighted by molar-refractivity contribution is 5.98. The summed E-state index contributed by atoms with van der Waals surface area (Å²) in [5.74, 6) is -2.43. The molecular weight excluding hydrogens is 889 g/mol. The predicted molar refractivity (Wildman–Crippen MR) is 258 cm³/mol. The zero-order chi connectivity index (χ0) is 50.8. The largest absolute Gasteiger partial charge is 0.516 e. The maximum Gasteiger partial charge on any atom is 0.343 e. The summed E-state index contributed by atoms with van der Waals surface area (Å²) in [4.78, 5) is 67.9. The molecule has 0 unspecified atom stereocenters. The van der Waals surface area contributed by atoms with E-state index in [1.54, 1.807) is 75.6 Å². The lowest BCUT2D eigenvalue weighted by molar-refractivity contribution is -0.132. The zero-order valence-corrected chi connectivity index (χ0v) is 37.6. The van der Waals surface area contributed by atoms with Crippen LogP contribution < -0.4 is 14.2 Å². The molecule has 6 N–H and O–H groups in total. The van der Waals surface area contributed by atoms with Crippen molar-refractivity contribution in [3.8, 4) is 28.7 Å². The number of fused-ring (bicyclic) bond motifs is 2. The first kappa shape index (κ1) is 52.1. The van der Waals surface area contributed by atoms with E-state index in [4.69, 9.17) is 39.7 Å². The number of Topliss-reactive ketones (excluding diaryl/α,β-unsaturated/α-hetero) is 1. The number of esters is 2. The number of rotatable bonds is 11. The number of aromatic hydroxyl groups is 2. The maximum atomic E-state index is 12.6. The molecule has 0 fully saturated rings. The van der Waals surface area contributed by atoms with Crippen molar-refractivity contribution < 1.29 is 73.6 Å². The highest BCUT2D eigenvalue weighted by Crippen LogP contribution is 2.25. The molecule has 0 aliphatic rings. The standard InChI is InChI=1S/C28H22O6.C11H8O3.C8H8O3.C7H8O3/c1-17-14-25(12-13-26(17)18(2)29)34-27(30)19-6-9-23(10-7-19)33-28(31)22-5-4-21-16-24(32-3)11-8-20(21)15-22;12-10-4-3-7-5-9(11(13)14)2-1-8(7)6-10;1-5-4-6(9)2-3-7(5)8(10)11;1-2-6(7(9)10)4-3-5-8/h4-16H,1-3H3;1-6,12H,(H,13,14);2-4,9H,1H3,(H,10,11);2-5,8H,1H2,(H,9,10)/b;;;5-3+,6-4+. The van der Waals surface area contributed by atoms with Crippen LogP contribution in [0.15, 0.2) is 170 Å². The number of ketones is 1. The third-order valence-electron chi connectivity index (χ3n) is 9.71. The summed E-state index contributed by atoms with van der Waals surface area (Å²) < 4.78 is 16.1. The van der Waals surface area contributed by atoms with Crippen LogP contribution in [0.4, 0.5) is 0 Å². The van der Waals surface area contributed by atoms with Gasteiger partial charge in [-0.3, -0.25) is 4.79 Å². The number of aliphatic carboxylic acids is 1. The number of aliphatic hydroxyl groups excluding tert-OH is 1. The zero-order valence-electron chi connectivity index (χ0n) is 37.6. The number of aliphatic hydroxyl groups is 1. The van der Waals surface area contributed by atoms with E-state index >= 15 is 0 Å². The molecule has 15 nitrogen and oxygen atoms in total. The SMILES string of the molecule is C=C/C(=C\C=C\O)C(=O)O.COc1ccc2cc(C(=O)Oc3ccc(C(=O)Oc4ccc(C(C)=O)c(C)c4)cc3)ccc2c1.Cc1cc(O)ccc1C(=O)O.O=C(O)c1ccc2cc(O)ccc2c1. The fourth-order valence-corrected chi connectivity index (χ4v) is 6.19. The minimum absolute atomic E-state index is 0.0466. The van der Waals surface area contributed by atoms with Gasteiger partial charge >= 0.3 is 29.8 Å². The van der Waals surface area contributed by atoms with E-state index in [1.807, 2.05) is 24.3 Å². The molecule has 69 heavy (non-hydrogen) atoms. The van der Waals surface area contributed by atoms with Crippen LogP contribution in [-0.4, -0.2) is 73.4 Å². The number of allylic oxidation sites excluding steroid dienone is 2. The number of hydrogen-bond donors (Lipinski definition) is 6. The summed E-state index contributed by atoms with van der Waals surface area (Å²) in [6.45, 7) is 8.18. The van der Waals surface area contributed by atoms with Crippen LogP contribution in [0.2, 0.25) is 0 Å². The minimum Gasteiger partial charge on any atom is -0.516 e. The second kappa shape index (κ2) is 24.7. The number of phenols is 2. The van der Waals surface area contributed by atoms with Crippen LogP contribution in [0, 0.1) is 13.8 Å². The summed E-state index contributed by atoms with van der Waals surface area (Å²) in [6.07, 6.45) is 4.41. The van der Waals surface area contributed by atoms with Gasteiger partial charge in [-0.25, -0.2) is 24.0 Å². The molecule has 0 atom stereocenters. The van der Waals surface area contributed by atoms with Gasteiger partial charge in [0.1, 0.15) is 28.7 Å². The third kappa shape index (κ3) is 15.3. The molecule has 0 saturated carbocycles. The van der Waals surface area contributed by atoms with Gasteiger partial charge in [-0.2, -0.15) is 0 Å². The predicted octanol–water partition coefficient (Wildman–Crippen LogP) is 10.7. The van der Waals surface area contributed by atoms with Crippen molar-refractivity contribution in [1.82, 2.24) is 0 Å². The van der Waals surface area contributed by atoms with Gasteiger partial charge in [-0.05, 0) is 175 Å². The first-order valence-corrected chi connectivity index (χ1v) is 20.4. The summed E-state index contributed by atoms with van der Waals surface area (Å²) in [5.41, 5.74) is 3.11. The Morgan fingerprint density at radius 3 is 1.57 bits per heavy atom. The van der Waals surface area contributed by atoms with Crippen LogP contribution in [0.3, 0.4) is 0 Å². The lowest BCUT2D eigenvalue weighted by Crippen LogP contribution is -2.10. The van der Waals surface area contributed by atoms with Gasteiger partial charge in [0.2, 0.25) is 0 Å². The van der Waals surface area contributed by atoms with Crippen molar-refractivity contribution >= 4 is 57.2 Å². The number of aromatic carboxylic acids is 2. The Labute approximate surface area is 395 Å². The third-order valence-corrected chi connectivity index (χ3v) is 9.71. The van der Waals surface area contributed by atoms with E-state index in [9.17, 15) is 33.9 Å². The molecule has 15 heteroatoms. The van der Waals surface area contributed by atoms with Crippen LogP contribution in [0.5, 0.6) is 28.7 Å². The van der Waals surface area contributed by atoms with Gasteiger partial charge in [0, 0.05) is 5.56 Å². The highest BCUT2D eigenvalue weighted by atomic mass is 16.5. The normalized spacial score (nSPS) is 10.5. The number of ether oxygens (including phenoxy) is 3. The van der Waals surface area contributed by atoms with Crippen molar-refractivity contribution in [3.63, 3.8) is 0 Å². The van der Waals surface area contributed by atoms with Crippen LogP contribution in [0.25, 0.3) is 21.5 Å². The molecule has 7 aromatic carbocycles. The first-order valence-electron chi connectivity index (χ1n) is 20.4. The molecule has 0 radical (unpaired) electrons. The van der Waals surface area contributed by atoms with Crippen LogP contribution in [0.1, 0.15) is 69.8 Å². The molecule has 0 aliphatic carbocycles. The van der Waals surface area contributed by atoms with Crippen molar-refractivity contribution in [2.75, 3.05) is 7.11 Å². The molecule has 0 heterocycles. The molecular formula is C54H46O15. The first-order chi connectivity index (χ1) is 32.8. The fourth-order valence-electron chi connectivity index (χ4n) is 6.19. The van der Waals surface area contributed by atoms with Gasteiger partial charge in [-0.1, -0.05) is 36.9 Å². The number of hydrogen-bond acceptors (Lipinski definition) is 12. The molecule has 352 valence electrons. The van der Waals surface area contributed by atoms with E-state index in [0.717, 1.165) is 39.1 Å². The van der Waals surface area contributed by atoms with E-state index in [1.165, 1.54) is 79.7 Å². The van der Waals surface area contributed by atoms with Crippen molar-refractivity contribution in [1.29, 1.82) is 0 Å². The lowest BCUT2D eigenvalue weighted by atomic mass is 10.1. The monoisotopic (exact) mass is 934 g/mol. The van der Waals surface area contributed by atoms with E-state index < -0.39 is 29.8 Å². The summed E-state index contributed by atoms with van der Waals surface area (Å²) in [5, 5.41) is 55.4. The van der Waals surface area contributed by atoms with Crippen LogP contribution >= 0.6 is 0 Å². The summed E-state index contributed by atoms with van der Waals surface area (Å²) in [6, 6.07) is 35.6. The minimum atomic E-state index is -1.06. The molecule has 0 aliphatic heterocycles. The molecule has 0 bridgehead atoms. The Bertz CT molecular complexity index is 3110. The van der Waals surface area contributed by atoms with Gasteiger partial charge < -0.3 is 44.8 Å². The Hall–Kier alpha value is -9.50. The number of carbonyl (C=O) groups is 6. The number of carboxylic acid groups (broad SMARTS) is 3. The Kier molecular flexibility index (Phi) is 18.7. The molecule has 7 aromatic rings. The van der Waals surface area contributed by atoms with Gasteiger partial charge in [0.05, 0.1) is 41.2 Å². The van der Waals surface area contributed by atoms with Crippen molar-refractivity contribution in [2.24, 2.45) is 0 Å². The van der Waals surface area contributed by atoms with E-state index in [-0.39, 0.29) is 34.0 Å². The number of carboxylic acids is 3. The van der Waals surface area contributed by atoms with Crippen molar-refractivity contribution in [3.05, 3.63) is 209 Å². The summed E-state index contributed by atoms with van der Waals surface area (Å²) in [7, 11) is 1.60. The molecule has 0 saturated heterocycles. The molecule has 0 aromatic heterocycles. The van der Waals surface area contributed by atoms with Crippen molar-refractivity contribution in [2.45, 2.75) is 20.8 Å². The highest BCUT2D eigenvalue weighted by Gasteiger charge is 2.14. The average molecular weight is 935 g/mol. The second-order valence-electron chi connectivity index (χ2n) is 14.6. The number of aryl methyl sites for hydroxylation is 2. The topological polar surface area (TPSA) is 251 Å². The Morgan fingerprint density at radius 1 is 0.522 bits per heavy atom. The lowest BCUT2D eigenvalue weighted by Gasteiger charge is -2.09. The fraction of sp³-hybridized carbons (Fsp3) is 0.0741. The molecule has 0 amide bonds. The Balaban J connectivity index is 0.000000241. The van der Waals surface area contributed by atoms with E-state index in [0.29, 0.717) is 33.8 Å². The maximum absolute atomic E-state index is 12.6. The van der Waals surface area contributed by atoms with Gasteiger partial charge in [0.15, 0.2) is 5.78 Å². The summed E-state index contributed by atoms with van der Waals surface area (Å²) >= 11 is 0. The molecule has 0 spiro atoms. The number of benzene rings is 7. The second-order valence-corrected chi connectivity index (χ2v) is 14.6. The number of carbonyl (C=O) groups excluding carboxylic acids is 3. The number of phenolic OH excluding ortho intramolecular Hbond substituents is 2. The molecule has 7 rings (SSSR count). The quantitative estimate of drug-likeness (QED) is 0.0176. The average Bonchev–Trinajstić information content (AvgIpc) is 3.31. The number of methoxy groups -OCH3 is 1. The smallest absolute Gasteiger partial charge is 0.343 e. The van der Waals surface area contributed by atoms with Gasteiger partial charge in [0.25, 0.3) is 0 Å². The Morgan fingerprint density at radius 2 is 1.00 bits per heavy atom.